The zero-order chi connectivity index (χ0) is 21.2. The summed E-state index contributed by atoms with van der Waals surface area (Å²) >= 11 is 12.7. The highest BCUT2D eigenvalue weighted by Crippen LogP contribution is 2.13. The highest BCUT2D eigenvalue weighted by atomic mass is 32.2. The number of carbonyl (C=O) groups excluding carboxylic acids is 2. The normalized spacial score (nSPS) is 10.3. The van der Waals surface area contributed by atoms with E-state index in [4.69, 9.17) is 24.4 Å². The van der Waals surface area contributed by atoms with Crippen LogP contribution in [0.5, 0.6) is 0 Å². The molecule has 0 spiro atoms. The Morgan fingerprint density at radius 2 is 1.14 bits per heavy atom. The van der Waals surface area contributed by atoms with Crippen LogP contribution in [0.1, 0.15) is 27.1 Å². The number of carbonyl (C=O) groups is 2. The molecule has 0 atom stereocenters. The molecule has 29 heavy (non-hydrogen) atoms. The summed E-state index contributed by atoms with van der Waals surface area (Å²) in [6.07, 6.45) is 0.695. The van der Waals surface area contributed by atoms with Gasteiger partial charge in [0.15, 0.2) is 0 Å². The van der Waals surface area contributed by atoms with Crippen molar-refractivity contribution in [3.63, 3.8) is 0 Å². The fourth-order valence-corrected chi connectivity index (χ4v) is 4.22. The minimum absolute atomic E-state index is 0.0676. The minimum Gasteiger partial charge on any atom is -0.307 e. The molecule has 0 heterocycles. The van der Waals surface area contributed by atoms with Crippen molar-refractivity contribution in [3.8, 4) is 0 Å². The molecule has 0 aliphatic rings. The Balaban J connectivity index is 1.64. The zero-order valence-electron chi connectivity index (χ0n) is 14.9. The lowest BCUT2D eigenvalue weighted by molar-refractivity contribution is 0.0966. The maximum Gasteiger partial charge on any atom is 0.259 e. The van der Waals surface area contributed by atoms with Crippen LogP contribution < -0.4 is 10.6 Å². The third-order valence-electron chi connectivity index (χ3n) is 3.42. The molecule has 0 aromatic heterocycles. The zero-order valence-corrected chi connectivity index (χ0v) is 18.2. The van der Waals surface area contributed by atoms with Gasteiger partial charge in [-0.05, 0) is 30.7 Å². The summed E-state index contributed by atoms with van der Waals surface area (Å²) in [5.74, 6) is -1.19. The molecule has 0 aliphatic heterocycles. The van der Waals surface area contributed by atoms with Gasteiger partial charge in [0.05, 0.1) is 11.1 Å². The predicted octanol–water partition coefficient (Wildman–Crippen LogP) is 4.55. The Labute approximate surface area is 186 Å². The topological polar surface area (TPSA) is 58.2 Å². The largest absolute Gasteiger partial charge is 0.307 e. The molecule has 2 rings (SSSR count). The molecule has 4 nitrogen and oxygen atoms in total. The Kier molecular flexibility index (Phi) is 9.65. The van der Waals surface area contributed by atoms with Gasteiger partial charge >= 0.3 is 0 Å². The van der Waals surface area contributed by atoms with Gasteiger partial charge in [-0.2, -0.15) is 0 Å². The highest BCUT2D eigenvalue weighted by Gasteiger charge is 2.13. The second-order valence-electron chi connectivity index (χ2n) is 5.49. The van der Waals surface area contributed by atoms with Gasteiger partial charge in [0, 0.05) is 11.5 Å². The van der Waals surface area contributed by atoms with Gasteiger partial charge in [-0.25, -0.2) is 8.78 Å². The van der Waals surface area contributed by atoms with E-state index < -0.39 is 23.4 Å². The van der Waals surface area contributed by atoms with Crippen LogP contribution in [-0.2, 0) is 0 Å². The summed E-state index contributed by atoms with van der Waals surface area (Å²) < 4.78 is 27.6. The lowest BCUT2D eigenvalue weighted by atomic mass is 10.2. The number of amides is 2. The Hall–Kier alpha value is -1.88. The van der Waals surface area contributed by atoms with Gasteiger partial charge in [0.1, 0.15) is 20.3 Å². The molecular formula is C19H16F2N2O2S4. The van der Waals surface area contributed by atoms with E-state index in [0.717, 1.165) is 0 Å². The number of hydrogen-bond acceptors (Lipinski definition) is 6. The Bertz CT molecular complexity index is 851. The van der Waals surface area contributed by atoms with Crippen molar-refractivity contribution in [3.05, 3.63) is 71.3 Å². The molecule has 2 aromatic rings. The van der Waals surface area contributed by atoms with Gasteiger partial charge in [-0.3, -0.25) is 9.59 Å². The molecule has 10 heteroatoms. The van der Waals surface area contributed by atoms with Crippen LogP contribution in [0.15, 0.2) is 48.5 Å². The molecule has 0 unspecified atom stereocenters. The third kappa shape index (κ3) is 7.81. The Morgan fingerprint density at radius 1 is 0.759 bits per heavy atom. The van der Waals surface area contributed by atoms with Crippen LogP contribution in [0.4, 0.5) is 8.78 Å². The lowest BCUT2D eigenvalue weighted by Gasteiger charge is -2.08. The second kappa shape index (κ2) is 12.0. The maximum absolute atomic E-state index is 13.6. The van der Waals surface area contributed by atoms with Crippen molar-refractivity contribution in [2.45, 2.75) is 6.42 Å². The van der Waals surface area contributed by atoms with Gasteiger partial charge in [-0.1, -0.05) is 72.2 Å². The summed E-state index contributed by atoms with van der Waals surface area (Å²) in [5, 5.41) is 4.95. The molecular weight excluding hydrogens is 454 g/mol. The number of halogens is 2. The molecule has 0 bridgehead atoms. The van der Waals surface area contributed by atoms with Gasteiger partial charge < -0.3 is 10.6 Å². The SMILES string of the molecule is O=C(NC(=S)SCCCSC(=S)NC(=O)c1ccccc1F)c1ccccc1F. The molecule has 2 amide bonds. The monoisotopic (exact) mass is 470 g/mol. The van der Waals surface area contributed by atoms with Crippen molar-refractivity contribution in [2.75, 3.05) is 11.5 Å². The van der Waals surface area contributed by atoms with Crippen molar-refractivity contribution < 1.29 is 18.4 Å². The van der Waals surface area contributed by atoms with Crippen LogP contribution in [-0.4, -0.2) is 32.0 Å². The minimum atomic E-state index is -0.611. The van der Waals surface area contributed by atoms with Crippen LogP contribution in [0.2, 0.25) is 0 Å². The van der Waals surface area contributed by atoms with E-state index in [1.807, 2.05) is 0 Å². The summed E-state index contributed by atoms with van der Waals surface area (Å²) in [4.78, 5) is 23.9. The molecule has 0 saturated carbocycles. The number of thioether (sulfide) groups is 2. The number of thiocarbonyl (C=S) groups is 2. The lowest BCUT2D eigenvalue weighted by Crippen LogP contribution is -2.28. The first-order chi connectivity index (χ1) is 13.9. The summed E-state index contributed by atoms with van der Waals surface area (Å²) in [5.41, 5.74) is -0.135. The van der Waals surface area contributed by atoms with Crippen LogP contribution >= 0.6 is 48.0 Å². The second-order valence-corrected chi connectivity index (χ2v) is 9.04. The van der Waals surface area contributed by atoms with Crippen molar-refractivity contribution >= 4 is 68.4 Å². The highest BCUT2D eigenvalue weighted by molar-refractivity contribution is 8.23. The molecule has 2 N–H and O–H groups in total. The van der Waals surface area contributed by atoms with E-state index in [2.05, 4.69) is 10.6 Å². The average molecular weight is 471 g/mol. The Morgan fingerprint density at radius 3 is 1.52 bits per heavy atom. The van der Waals surface area contributed by atoms with Crippen LogP contribution in [0.25, 0.3) is 0 Å². The van der Waals surface area contributed by atoms with Crippen LogP contribution in [0, 0.1) is 11.6 Å². The number of benzene rings is 2. The van der Waals surface area contributed by atoms with E-state index in [1.165, 1.54) is 59.9 Å². The van der Waals surface area contributed by atoms with E-state index in [1.54, 1.807) is 12.1 Å². The smallest absolute Gasteiger partial charge is 0.259 e. The first-order valence-corrected chi connectivity index (χ1v) is 11.1. The molecule has 2 aromatic carbocycles. The van der Waals surface area contributed by atoms with Crippen molar-refractivity contribution in [1.82, 2.24) is 10.6 Å². The average Bonchev–Trinajstić information content (AvgIpc) is 2.68. The predicted molar refractivity (Wildman–Crippen MR) is 122 cm³/mol. The van der Waals surface area contributed by atoms with E-state index in [9.17, 15) is 18.4 Å². The van der Waals surface area contributed by atoms with Crippen molar-refractivity contribution in [1.29, 1.82) is 0 Å². The molecule has 0 radical (unpaired) electrons. The summed E-state index contributed by atoms with van der Waals surface area (Å²) in [6.45, 7) is 0. The first kappa shape index (κ1) is 23.4. The number of rotatable bonds is 6. The quantitative estimate of drug-likeness (QED) is 0.477. The van der Waals surface area contributed by atoms with Gasteiger partial charge in [0.2, 0.25) is 0 Å². The maximum atomic E-state index is 13.6. The fourth-order valence-electron chi connectivity index (χ4n) is 2.07. The third-order valence-corrected chi connectivity index (χ3v) is 6.05. The summed E-state index contributed by atoms with van der Waals surface area (Å²) in [6, 6.07) is 11.3. The number of hydrogen-bond donors (Lipinski definition) is 2. The van der Waals surface area contributed by atoms with Crippen LogP contribution in [0.3, 0.4) is 0 Å². The van der Waals surface area contributed by atoms with E-state index >= 15 is 0 Å². The van der Waals surface area contributed by atoms with Crippen molar-refractivity contribution in [2.24, 2.45) is 0 Å². The summed E-state index contributed by atoms with van der Waals surface area (Å²) in [7, 11) is 0. The van der Waals surface area contributed by atoms with Gasteiger partial charge in [-0.15, -0.1) is 0 Å². The van der Waals surface area contributed by atoms with Gasteiger partial charge in [0.25, 0.3) is 11.8 Å². The molecule has 0 saturated heterocycles. The first-order valence-electron chi connectivity index (χ1n) is 8.33. The fraction of sp³-hybridized carbons (Fsp3) is 0.158. The molecule has 0 aliphatic carbocycles. The number of nitrogens with one attached hydrogen (secondary N) is 2. The molecule has 152 valence electrons. The van der Waals surface area contributed by atoms with E-state index in [0.29, 0.717) is 17.9 Å². The van der Waals surface area contributed by atoms with E-state index in [-0.39, 0.29) is 19.8 Å². The standard InChI is InChI=1S/C19H16F2N2O2S4/c20-14-8-3-1-6-12(14)16(24)22-18(26)28-10-5-11-29-19(27)23-17(25)13-7-2-4-9-15(13)21/h1-4,6-9H,5,10-11H2,(H,22,24,26)(H,23,25,27). The molecule has 0 fully saturated rings.